The van der Waals surface area contributed by atoms with Crippen molar-refractivity contribution in [3.8, 4) is 11.4 Å². The summed E-state index contributed by atoms with van der Waals surface area (Å²) in [5.74, 6) is 0.397. The molecule has 0 amide bonds. The zero-order valence-electron chi connectivity index (χ0n) is 23.8. The van der Waals surface area contributed by atoms with Crippen LogP contribution in [-0.2, 0) is 6.61 Å². The Kier molecular flexibility index (Phi) is 8.40. The molecule has 2 heterocycles. The lowest BCUT2D eigenvalue weighted by Crippen LogP contribution is -2.23. The summed E-state index contributed by atoms with van der Waals surface area (Å²) < 4.78 is 10.3. The summed E-state index contributed by atoms with van der Waals surface area (Å²) in [4.78, 5) is 29.5. The van der Waals surface area contributed by atoms with Gasteiger partial charge in [0.1, 0.15) is 18.2 Å². The van der Waals surface area contributed by atoms with Crippen molar-refractivity contribution in [1.82, 2.24) is 14.2 Å². The molecule has 2 aromatic heterocycles. The number of aryl methyl sites for hydroxylation is 1. The van der Waals surface area contributed by atoms with Crippen LogP contribution in [0, 0.1) is 13.8 Å². The third-order valence-electron chi connectivity index (χ3n) is 7.34. The number of aromatic carboxylic acids is 1. The van der Waals surface area contributed by atoms with Gasteiger partial charge in [0.25, 0.3) is 5.56 Å². The topological polar surface area (TPSA) is 98.7 Å². The SMILES string of the molecule is CC[C@H](C)c1nc2ccc(Br)cc2c(=O)n1N=Cc1cc(C)n(-c2ccc(OCc3cccc(C(=O)O)c3)cc2)c1C. The third kappa shape index (κ3) is 5.92. The molecule has 0 unspecified atom stereocenters. The van der Waals surface area contributed by atoms with Crippen LogP contribution in [-0.4, -0.2) is 31.5 Å². The first-order valence-electron chi connectivity index (χ1n) is 13.7. The van der Waals surface area contributed by atoms with Crippen molar-refractivity contribution in [1.29, 1.82) is 0 Å². The minimum absolute atomic E-state index is 0.0529. The molecule has 42 heavy (non-hydrogen) atoms. The maximum absolute atomic E-state index is 13.5. The van der Waals surface area contributed by atoms with E-state index in [0.29, 0.717) is 22.5 Å². The third-order valence-corrected chi connectivity index (χ3v) is 7.84. The van der Waals surface area contributed by atoms with E-state index in [1.807, 2.05) is 69.3 Å². The molecule has 0 aliphatic carbocycles. The Balaban J connectivity index is 1.41. The predicted molar refractivity (Wildman–Crippen MR) is 168 cm³/mol. The molecule has 1 N–H and O–H groups in total. The summed E-state index contributed by atoms with van der Waals surface area (Å²) in [5.41, 5.74) is 5.31. The summed E-state index contributed by atoms with van der Waals surface area (Å²) in [6.07, 6.45) is 2.55. The van der Waals surface area contributed by atoms with Crippen LogP contribution < -0.4 is 10.3 Å². The highest BCUT2D eigenvalue weighted by atomic mass is 79.9. The van der Waals surface area contributed by atoms with Gasteiger partial charge in [-0.25, -0.2) is 9.78 Å². The van der Waals surface area contributed by atoms with Gasteiger partial charge >= 0.3 is 5.97 Å². The first-order chi connectivity index (χ1) is 20.2. The summed E-state index contributed by atoms with van der Waals surface area (Å²) in [5, 5.41) is 14.4. The smallest absolute Gasteiger partial charge is 0.335 e. The lowest BCUT2D eigenvalue weighted by molar-refractivity contribution is 0.0696. The predicted octanol–water partition coefficient (Wildman–Crippen LogP) is 7.24. The second-order valence-corrected chi connectivity index (χ2v) is 11.2. The highest BCUT2D eigenvalue weighted by molar-refractivity contribution is 9.10. The molecule has 0 aliphatic heterocycles. The van der Waals surface area contributed by atoms with Crippen molar-refractivity contribution in [3.05, 3.63) is 122 Å². The van der Waals surface area contributed by atoms with Crippen LogP contribution in [0.5, 0.6) is 5.75 Å². The van der Waals surface area contributed by atoms with Crippen LogP contribution in [0.4, 0.5) is 0 Å². The Bertz CT molecular complexity index is 1870. The highest BCUT2D eigenvalue weighted by Gasteiger charge is 2.16. The van der Waals surface area contributed by atoms with Crippen LogP contribution in [0.3, 0.4) is 0 Å². The number of hydrogen-bond acceptors (Lipinski definition) is 5. The van der Waals surface area contributed by atoms with Gasteiger partial charge in [-0.1, -0.05) is 41.9 Å². The minimum Gasteiger partial charge on any atom is -0.489 e. The fourth-order valence-electron chi connectivity index (χ4n) is 4.87. The number of nitrogens with zero attached hydrogens (tertiary/aromatic N) is 4. The average molecular weight is 628 g/mol. The lowest BCUT2D eigenvalue weighted by Gasteiger charge is -2.14. The van der Waals surface area contributed by atoms with Crippen LogP contribution in [0.25, 0.3) is 16.6 Å². The number of rotatable bonds is 9. The molecule has 0 aliphatic rings. The number of carbonyl (C=O) groups is 1. The van der Waals surface area contributed by atoms with Gasteiger partial charge in [0.15, 0.2) is 0 Å². The zero-order valence-corrected chi connectivity index (χ0v) is 25.4. The van der Waals surface area contributed by atoms with Gasteiger partial charge in [0, 0.05) is 33.0 Å². The second-order valence-electron chi connectivity index (χ2n) is 10.3. The van der Waals surface area contributed by atoms with Gasteiger partial charge in [0.2, 0.25) is 0 Å². The van der Waals surface area contributed by atoms with Crippen LogP contribution >= 0.6 is 15.9 Å². The molecule has 5 aromatic rings. The first kappa shape index (κ1) is 29.0. The van der Waals surface area contributed by atoms with Gasteiger partial charge in [0.05, 0.1) is 22.7 Å². The molecule has 0 radical (unpaired) electrons. The van der Waals surface area contributed by atoms with Gasteiger partial charge in [-0.3, -0.25) is 4.79 Å². The van der Waals surface area contributed by atoms with E-state index < -0.39 is 5.97 Å². The molecule has 0 fully saturated rings. The Labute approximate surface area is 252 Å². The zero-order chi connectivity index (χ0) is 30.0. The van der Waals surface area contributed by atoms with E-state index in [2.05, 4.69) is 32.5 Å². The molecule has 8 nitrogen and oxygen atoms in total. The largest absolute Gasteiger partial charge is 0.489 e. The Morgan fingerprint density at radius 1 is 1.10 bits per heavy atom. The van der Waals surface area contributed by atoms with Crippen molar-refractivity contribution in [3.63, 3.8) is 0 Å². The summed E-state index contributed by atoms with van der Waals surface area (Å²) in [6.45, 7) is 8.42. The van der Waals surface area contributed by atoms with Crippen molar-refractivity contribution in [2.75, 3.05) is 0 Å². The first-order valence-corrected chi connectivity index (χ1v) is 14.5. The van der Waals surface area contributed by atoms with E-state index in [9.17, 15) is 14.7 Å². The molecule has 1 atom stereocenters. The van der Waals surface area contributed by atoms with E-state index >= 15 is 0 Å². The fourth-order valence-corrected chi connectivity index (χ4v) is 5.23. The number of halogens is 1. The number of hydrogen-bond donors (Lipinski definition) is 1. The highest BCUT2D eigenvalue weighted by Crippen LogP contribution is 2.24. The van der Waals surface area contributed by atoms with Crippen LogP contribution in [0.1, 0.15) is 64.9 Å². The van der Waals surface area contributed by atoms with Gasteiger partial charge in [-0.15, -0.1) is 0 Å². The molecule has 214 valence electrons. The van der Waals surface area contributed by atoms with Crippen molar-refractivity contribution >= 4 is 39.0 Å². The van der Waals surface area contributed by atoms with Gasteiger partial charge < -0.3 is 14.4 Å². The van der Waals surface area contributed by atoms with E-state index in [1.165, 1.54) is 4.68 Å². The second kappa shape index (κ2) is 12.2. The lowest BCUT2D eigenvalue weighted by atomic mass is 10.1. The summed E-state index contributed by atoms with van der Waals surface area (Å²) >= 11 is 3.46. The van der Waals surface area contributed by atoms with Gasteiger partial charge in [-0.05, 0) is 86.5 Å². The average Bonchev–Trinajstić information content (AvgIpc) is 3.28. The Morgan fingerprint density at radius 3 is 2.57 bits per heavy atom. The summed E-state index contributed by atoms with van der Waals surface area (Å²) in [7, 11) is 0. The van der Waals surface area contributed by atoms with Gasteiger partial charge in [-0.2, -0.15) is 9.78 Å². The van der Waals surface area contributed by atoms with Crippen molar-refractivity contribution in [2.24, 2.45) is 5.10 Å². The molecule has 5 rings (SSSR count). The van der Waals surface area contributed by atoms with Crippen LogP contribution in [0.2, 0.25) is 0 Å². The normalized spacial score (nSPS) is 12.2. The molecular formula is C33H31BrN4O4. The molecule has 0 saturated carbocycles. The Hall–Kier alpha value is -4.50. The molecule has 9 heteroatoms. The fraction of sp³-hybridized carbons (Fsp3) is 0.212. The maximum atomic E-state index is 13.5. The molecule has 3 aromatic carbocycles. The maximum Gasteiger partial charge on any atom is 0.335 e. The monoisotopic (exact) mass is 626 g/mol. The quantitative estimate of drug-likeness (QED) is 0.174. The molecule has 0 spiro atoms. The van der Waals surface area contributed by atoms with E-state index in [1.54, 1.807) is 30.5 Å². The summed E-state index contributed by atoms with van der Waals surface area (Å²) in [6, 6.07) is 22.0. The Morgan fingerprint density at radius 2 is 1.86 bits per heavy atom. The van der Waals surface area contributed by atoms with Crippen molar-refractivity contribution < 1.29 is 14.6 Å². The number of ether oxygens (including phenoxy) is 1. The van der Waals surface area contributed by atoms with Crippen LogP contribution in [0.15, 0.2) is 87.2 Å². The molecular weight excluding hydrogens is 596 g/mol. The van der Waals surface area contributed by atoms with Crippen molar-refractivity contribution in [2.45, 2.75) is 46.6 Å². The number of carboxylic acids is 1. The standard InChI is InChI=1S/C33H31BrN4O4/c1-5-20(2)31-36-30-14-9-26(34)17-29(30)32(39)38(31)35-18-25-15-21(3)37(22(25)4)27-10-12-28(13-11-27)42-19-23-7-6-8-24(16-23)33(40)41/h6-18,20H,5,19H2,1-4H3,(H,40,41)/t20-/m0/s1. The minimum atomic E-state index is -0.965. The molecule has 0 saturated heterocycles. The number of fused-ring (bicyclic) bond motifs is 1. The molecule has 0 bridgehead atoms. The van der Waals surface area contributed by atoms with E-state index in [-0.39, 0.29) is 23.6 Å². The number of carboxylic acid groups (broad SMARTS) is 1. The number of benzene rings is 3. The van der Waals surface area contributed by atoms with E-state index in [4.69, 9.17) is 9.72 Å². The number of aromatic nitrogens is 3. The van der Waals surface area contributed by atoms with E-state index in [0.717, 1.165) is 39.1 Å².